The van der Waals surface area contributed by atoms with Gasteiger partial charge in [-0.25, -0.2) is 4.57 Å². The molecule has 0 amide bonds. The van der Waals surface area contributed by atoms with E-state index in [9.17, 15) is 24.2 Å². The Hall–Kier alpha value is -1.81. The van der Waals surface area contributed by atoms with Gasteiger partial charge in [0.15, 0.2) is 6.10 Å². The van der Waals surface area contributed by atoms with Crippen molar-refractivity contribution in [3.63, 3.8) is 0 Å². The second kappa shape index (κ2) is 42.3. The summed E-state index contributed by atoms with van der Waals surface area (Å²) < 4.78 is 32.8. The Morgan fingerprint density at radius 1 is 0.526 bits per heavy atom. The van der Waals surface area contributed by atoms with Gasteiger partial charge in [-0.1, -0.05) is 159 Å². The summed E-state index contributed by atoms with van der Waals surface area (Å²) in [6.45, 7) is 2.35. The number of allylic oxidation sites excluding steroid dienone is 6. The highest BCUT2D eigenvalue weighted by atomic mass is 31.2. The van der Waals surface area contributed by atoms with E-state index in [1.165, 1.54) is 103 Å². The van der Waals surface area contributed by atoms with Gasteiger partial charge >= 0.3 is 19.8 Å². The van der Waals surface area contributed by atoms with Crippen molar-refractivity contribution in [3.05, 3.63) is 36.5 Å². The van der Waals surface area contributed by atoms with E-state index >= 15 is 0 Å². The van der Waals surface area contributed by atoms with Crippen molar-refractivity contribution >= 4 is 19.8 Å². The molecule has 0 aliphatic heterocycles. The molecule has 334 valence electrons. The van der Waals surface area contributed by atoms with Gasteiger partial charge in [0.2, 0.25) is 0 Å². The number of aliphatic hydroxyl groups excluding tert-OH is 2. The van der Waals surface area contributed by atoms with Crippen molar-refractivity contribution in [2.75, 3.05) is 26.4 Å². The Bertz CT molecular complexity index is 1050. The summed E-state index contributed by atoms with van der Waals surface area (Å²) in [5.41, 5.74) is 0. The van der Waals surface area contributed by atoms with Crippen LogP contribution >= 0.6 is 7.82 Å². The van der Waals surface area contributed by atoms with Crippen LogP contribution in [0.1, 0.15) is 206 Å². The van der Waals surface area contributed by atoms with E-state index < -0.39 is 51.8 Å². The van der Waals surface area contributed by atoms with E-state index in [-0.39, 0.29) is 19.4 Å². The van der Waals surface area contributed by atoms with Crippen molar-refractivity contribution in [1.82, 2.24) is 0 Å². The maximum absolute atomic E-state index is 12.6. The molecule has 57 heavy (non-hydrogen) atoms. The summed E-state index contributed by atoms with van der Waals surface area (Å²) in [7, 11) is -4.62. The quantitative estimate of drug-likeness (QED) is 0.0235. The molecule has 0 aromatic heterocycles. The van der Waals surface area contributed by atoms with Crippen LogP contribution in [0.5, 0.6) is 0 Å². The number of hydrogen-bond donors (Lipinski definition) is 3. The number of aliphatic hydroxyl groups is 2. The zero-order valence-electron chi connectivity index (χ0n) is 36.3. The summed E-state index contributed by atoms with van der Waals surface area (Å²) in [6.07, 6.45) is 43.9. The number of carbonyl (C=O) groups excluding carboxylic acids is 2. The number of esters is 2. The molecule has 0 aliphatic carbocycles. The fraction of sp³-hybridized carbons (Fsp3) is 0.826. The maximum Gasteiger partial charge on any atom is 0.472 e. The molecular formula is C46H85O10P. The molecule has 3 N–H and O–H groups in total. The smallest absolute Gasteiger partial charge is 0.462 e. The molecule has 0 rings (SSSR count). The second-order valence-electron chi connectivity index (χ2n) is 15.4. The van der Waals surface area contributed by atoms with E-state index in [0.29, 0.717) is 12.8 Å². The molecule has 0 radical (unpaired) electrons. The molecule has 0 aromatic carbocycles. The van der Waals surface area contributed by atoms with Gasteiger partial charge in [-0.05, 0) is 70.6 Å². The number of unbranched alkanes of at least 4 members (excludes halogenated alkanes) is 23. The van der Waals surface area contributed by atoms with Gasteiger partial charge in [-0.3, -0.25) is 18.6 Å². The fourth-order valence-corrected chi connectivity index (χ4v) is 6.98. The molecular weight excluding hydrogens is 743 g/mol. The molecule has 3 atom stereocenters. The summed E-state index contributed by atoms with van der Waals surface area (Å²) in [5, 5.41) is 18.3. The molecule has 0 fully saturated rings. The number of rotatable bonds is 43. The topological polar surface area (TPSA) is 149 Å². The van der Waals surface area contributed by atoms with Crippen LogP contribution in [0.15, 0.2) is 36.5 Å². The molecule has 0 heterocycles. The number of ether oxygens (including phenoxy) is 2. The van der Waals surface area contributed by atoms with Crippen molar-refractivity contribution < 1.29 is 47.8 Å². The number of hydrogen-bond acceptors (Lipinski definition) is 9. The first-order chi connectivity index (χ1) is 27.7. The van der Waals surface area contributed by atoms with Gasteiger partial charge in [0.1, 0.15) is 12.7 Å². The van der Waals surface area contributed by atoms with Crippen LogP contribution in [0, 0.1) is 0 Å². The van der Waals surface area contributed by atoms with Crippen molar-refractivity contribution in [1.29, 1.82) is 0 Å². The number of phosphoric ester groups is 1. The average Bonchev–Trinajstić information content (AvgIpc) is 3.20. The van der Waals surface area contributed by atoms with Crippen LogP contribution in [0.4, 0.5) is 0 Å². The third-order valence-electron chi connectivity index (χ3n) is 9.77. The minimum absolute atomic E-state index is 0.178. The van der Waals surface area contributed by atoms with Crippen molar-refractivity contribution in [3.8, 4) is 0 Å². The Balaban J connectivity index is 4.27. The average molecular weight is 829 g/mol. The highest BCUT2D eigenvalue weighted by molar-refractivity contribution is 7.47. The van der Waals surface area contributed by atoms with Crippen LogP contribution in [0.2, 0.25) is 0 Å². The van der Waals surface area contributed by atoms with Gasteiger partial charge in [0.05, 0.1) is 19.8 Å². The minimum Gasteiger partial charge on any atom is -0.462 e. The fourth-order valence-electron chi connectivity index (χ4n) is 6.19. The van der Waals surface area contributed by atoms with Crippen LogP contribution in [0.25, 0.3) is 0 Å². The van der Waals surface area contributed by atoms with Crippen molar-refractivity contribution in [2.45, 2.75) is 219 Å². The first kappa shape index (κ1) is 55.2. The van der Waals surface area contributed by atoms with Crippen LogP contribution in [-0.2, 0) is 32.7 Å². The maximum atomic E-state index is 12.6. The molecule has 0 saturated heterocycles. The molecule has 0 bridgehead atoms. The second-order valence-corrected chi connectivity index (χ2v) is 16.9. The van der Waals surface area contributed by atoms with E-state index in [4.69, 9.17) is 23.6 Å². The molecule has 11 heteroatoms. The van der Waals surface area contributed by atoms with E-state index in [0.717, 1.165) is 64.2 Å². The van der Waals surface area contributed by atoms with Gasteiger partial charge < -0.3 is 24.6 Å². The van der Waals surface area contributed by atoms with Crippen molar-refractivity contribution in [2.24, 2.45) is 0 Å². The lowest BCUT2D eigenvalue weighted by atomic mass is 10.1. The van der Waals surface area contributed by atoms with Gasteiger partial charge in [-0.15, -0.1) is 0 Å². The lowest BCUT2D eigenvalue weighted by Crippen LogP contribution is -2.29. The Kier molecular flexibility index (Phi) is 41.0. The van der Waals surface area contributed by atoms with E-state index in [1.807, 2.05) is 0 Å². The van der Waals surface area contributed by atoms with Gasteiger partial charge in [0.25, 0.3) is 0 Å². The molecule has 0 spiro atoms. The highest BCUT2D eigenvalue weighted by Crippen LogP contribution is 2.43. The zero-order chi connectivity index (χ0) is 41.9. The number of phosphoric acid groups is 1. The van der Waals surface area contributed by atoms with Crippen LogP contribution in [-0.4, -0.2) is 65.7 Å². The van der Waals surface area contributed by atoms with Crippen LogP contribution < -0.4 is 0 Å². The lowest BCUT2D eigenvalue weighted by Gasteiger charge is -2.20. The Labute approximate surface area is 348 Å². The minimum atomic E-state index is -4.62. The molecule has 10 nitrogen and oxygen atoms in total. The SMILES string of the molecule is CCCCC/C=C\C/C=C\CCCCCCCCCCCC(=O)OC(COC(=O)CCCCCCC/C=C\CCCCCCCC)COP(=O)(O)OCC(O)CO. The third-order valence-corrected chi connectivity index (χ3v) is 10.7. The van der Waals surface area contributed by atoms with E-state index in [2.05, 4.69) is 50.3 Å². The normalized spacial score (nSPS) is 14.1. The molecule has 0 aromatic rings. The highest BCUT2D eigenvalue weighted by Gasteiger charge is 2.27. The monoisotopic (exact) mass is 829 g/mol. The summed E-state index contributed by atoms with van der Waals surface area (Å²) in [6, 6.07) is 0. The Morgan fingerprint density at radius 3 is 1.40 bits per heavy atom. The largest absolute Gasteiger partial charge is 0.472 e. The molecule has 0 aliphatic rings. The van der Waals surface area contributed by atoms with Crippen LogP contribution in [0.3, 0.4) is 0 Å². The van der Waals surface area contributed by atoms with E-state index in [1.54, 1.807) is 0 Å². The third kappa shape index (κ3) is 42.1. The summed E-state index contributed by atoms with van der Waals surface area (Å²) in [4.78, 5) is 35.0. The zero-order valence-corrected chi connectivity index (χ0v) is 37.2. The molecule has 3 unspecified atom stereocenters. The molecule has 0 saturated carbocycles. The lowest BCUT2D eigenvalue weighted by molar-refractivity contribution is -0.161. The first-order valence-corrected chi connectivity index (χ1v) is 24.4. The standard InChI is InChI=1S/C46H85O10P/c1-3-5-7-9-11-13-15-17-19-20-21-22-24-26-28-30-32-34-36-38-46(50)56-44(42-55-57(51,52)54-40-43(48)39-47)41-53-45(49)37-35-33-31-29-27-25-23-18-16-14-12-10-8-6-4-2/h11,13,17-19,23,43-44,47-48H,3-10,12,14-16,20-22,24-42H2,1-2H3,(H,51,52)/b13-11-,19-17-,23-18-. The first-order valence-electron chi connectivity index (χ1n) is 22.9. The Morgan fingerprint density at radius 2 is 0.912 bits per heavy atom. The van der Waals surface area contributed by atoms with Gasteiger partial charge in [0, 0.05) is 12.8 Å². The predicted molar refractivity (Wildman–Crippen MR) is 233 cm³/mol. The number of carbonyl (C=O) groups is 2. The summed E-state index contributed by atoms with van der Waals surface area (Å²) >= 11 is 0. The predicted octanol–water partition coefficient (Wildman–Crippen LogP) is 12.3. The van der Waals surface area contributed by atoms with Gasteiger partial charge in [-0.2, -0.15) is 0 Å². The summed E-state index contributed by atoms with van der Waals surface area (Å²) in [5.74, 6) is -0.935.